The summed E-state index contributed by atoms with van der Waals surface area (Å²) in [5, 5.41) is 15.0. The summed E-state index contributed by atoms with van der Waals surface area (Å²) in [7, 11) is 0. The van der Waals surface area contributed by atoms with Crippen molar-refractivity contribution in [1.82, 2.24) is 19.7 Å². The van der Waals surface area contributed by atoms with Crippen LogP contribution in [0.25, 0.3) is 22.3 Å². The number of hydrogen-bond acceptors (Lipinski definition) is 5. The molecule has 0 spiro atoms. The molecule has 3 N–H and O–H groups in total. The average molecular weight is 357 g/mol. The lowest BCUT2D eigenvalue weighted by Crippen LogP contribution is -2.11. The molecule has 134 valence electrons. The van der Waals surface area contributed by atoms with E-state index in [9.17, 15) is 5.11 Å². The number of fused-ring (bicyclic) bond motifs is 2. The van der Waals surface area contributed by atoms with Gasteiger partial charge in [0.25, 0.3) is 0 Å². The van der Waals surface area contributed by atoms with Crippen molar-refractivity contribution in [2.75, 3.05) is 5.73 Å². The van der Waals surface area contributed by atoms with E-state index in [1.54, 1.807) is 0 Å². The molecule has 2 aromatic heterocycles. The Morgan fingerprint density at radius 1 is 1.00 bits per heavy atom. The van der Waals surface area contributed by atoms with Gasteiger partial charge in [-0.1, -0.05) is 48.5 Å². The van der Waals surface area contributed by atoms with Gasteiger partial charge in [-0.2, -0.15) is 5.10 Å². The molecule has 4 aromatic rings. The number of hydrogen-bond donors (Lipinski definition) is 2. The van der Waals surface area contributed by atoms with Gasteiger partial charge in [0.1, 0.15) is 17.8 Å². The minimum Gasteiger partial charge on any atom is -0.392 e. The number of aliphatic hydroxyl groups excluding tert-OH is 1. The van der Waals surface area contributed by atoms with Crippen molar-refractivity contribution in [3.05, 3.63) is 71.5 Å². The Kier molecular flexibility index (Phi) is 3.65. The average Bonchev–Trinajstić information content (AvgIpc) is 3.30. The summed E-state index contributed by atoms with van der Waals surface area (Å²) in [5.41, 5.74) is 12.3. The fourth-order valence-electron chi connectivity index (χ4n) is 3.93. The Morgan fingerprint density at radius 2 is 1.70 bits per heavy atom. The number of nitrogens with zero attached hydrogens (tertiary/aromatic N) is 4. The molecule has 27 heavy (non-hydrogen) atoms. The molecule has 0 saturated carbocycles. The highest BCUT2D eigenvalue weighted by Crippen LogP contribution is 2.36. The molecule has 0 bridgehead atoms. The van der Waals surface area contributed by atoms with Crippen LogP contribution in [-0.2, 0) is 19.4 Å². The van der Waals surface area contributed by atoms with E-state index in [1.165, 1.54) is 17.5 Å². The molecule has 1 aliphatic rings. The Hall–Kier alpha value is -3.25. The minimum atomic E-state index is 0.0149. The first-order valence-electron chi connectivity index (χ1n) is 9.00. The highest BCUT2D eigenvalue weighted by molar-refractivity contribution is 5.98. The molecule has 0 unspecified atom stereocenters. The lowest BCUT2D eigenvalue weighted by molar-refractivity contribution is 0.282. The van der Waals surface area contributed by atoms with Crippen LogP contribution in [0.15, 0.2) is 54.9 Å². The molecule has 0 aliphatic heterocycles. The molecule has 2 aromatic carbocycles. The SMILES string of the molecule is Nc1ncnc2c1c(-c1ccc(CO)cc1)nn2C1Cc2ccccc2C1. The summed E-state index contributed by atoms with van der Waals surface area (Å²) in [6.45, 7) is 0.0149. The van der Waals surface area contributed by atoms with Gasteiger partial charge in [0.2, 0.25) is 0 Å². The second kappa shape index (κ2) is 6.17. The van der Waals surface area contributed by atoms with E-state index in [4.69, 9.17) is 10.8 Å². The van der Waals surface area contributed by atoms with E-state index in [1.807, 2.05) is 28.9 Å². The van der Waals surface area contributed by atoms with Crippen molar-refractivity contribution >= 4 is 16.9 Å². The number of nitrogen functional groups attached to an aromatic ring is 1. The van der Waals surface area contributed by atoms with Crippen LogP contribution in [0.3, 0.4) is 0 Å². The Balaban J connectivity index is 1.65. The van der Waals surface area contributed by atoms with E-state index in [-0.39, 0.29) is 12.6 Å². The van der Waals surface area contributed by atoms with Gasteiger partial charge in [-0.25, -0.2) is 14.6 Å². The van der Waals surface area contributed by atoms with Gasteiger partial charge in [0.15, 0.2) is 5.65 Å². The third kappa shape index (κ3) is 2.57. The van der Waals surface area contributed by atoms with Gasteiger partial charge < -0.3 is 10.8 Å². The van der Waals surface area contributed by atoms with Crippen LogP contribution in [-0.4, -0.2) is 24.9 Å². The normalized spacial score (nSPS) is 14.0. The van der Waals surface area contributed by atoms with Crippen LogP contribution in [0.2, 0.25) is 0 Å². The first-order valence-corrected chi connectivity index (χ1v) is 9.00. The van der Waals surface area contributed by atoms with Crippen molar-refractivity contribution in [1.29, 1.82) is 0 Å². The molecule has 6 nitrogen and oxygen atoms in total. The van der Waals surface area contributed by atoms with Gasteiger partial charge in [-0.3, -0.25) is 0 Å². The predicted molar refractivity (Wildman–Crippen MR) is 104 cm³/mol. The third-order valence-corrected chi connectivity index (χ3v) is 5.30. The van der Waals surface area contributed by atoms with Crippen LogP contribution in [0.5, 0.6) is 0 Å². The van der Waals surface area contributed by atoms with Crippen LogP contribution < -0.4 is 5.73 Å². The number of anilines is 1. The van der Waals surface area contributed by atoms with Crippen molar-refractivity contribution < 1.29 is 5.11 Å². The standard InChI is InChI=1S/C21H19N5O/c22-20-18-19(14-7-5-13(11-27)6-8-14)25-26(21(18)24-12-23-20)17-9-15-3-1-2-4-16(15)10-17/h1-8,12,17,27H,9-11H2,(H2,22,23,24). The van der Waals surface area contributed by atoms with E-state index in [0.29, 0.717) is 5.82 Å². The Bertz CT molecular complexity index is 1110. The van der Waals surface area contributed by atoms with Gasteiger partial charge >= 0.3 is 0 Å². The van der Waals surface area contributed by atoms with Crippen LogP contribution in [0, 0.1) is 0 Å². The topological polar surface area (TPSA) is 89.8 Å². The van der Waals surface area contributed by atoms with E-state index in [2.05, 4.69) is 34.2 Å². The zero-order valence-electron chi connectivity index (χ0n) is 14.7. The molecule has 0 radical (unpaired) electrons. The highest BCUT2D eigenvalue weighted by atomic mass is 16.3. The highest BCUT2D eigenvalue weighted by Gasteiger charge is 2.27. The van der Waals surface area contributed by atoms with Crippen LogP contribution >= 0.6 is 0 Å². The molecule has 5 rings (SSSR count). The molecule has 6 heteroatoms. The molecule has 0 atom stereocenters. The maximum Gasteiger partial charge on any atom is 0.164 e. The number of aromatic nitrogens is 4. The molecule has 1 aliphatic carbocycles. The predicted octanol–water partition coefficient (Wildman–Crippen LogP) is 2.91. The lowest BCUT2D eigenvalue weighted by atomic mass is 10.1. The van der Waals surface area contributed by atoms with Crippen molar-refractivity contribution in [2.24, 2.45) is 0 Å². The first-order chi connectivity index (χ1) is 13.2. The van der Waals surface area contributed by atoms with Gasteiger partial charge in [0, 0.05) is 5.56 Å². The summed E-state index contributed by atoms with van der Waals surface area (Å²) < 4.78 is 2.00. The van der Waals surface area contributed by atoms with Crippen molar-refractivity contribution in [3.8, 4) is 11.3 Å². The second-order valence-electron chi connectivity index (χ2n) is 6.94. The molecular weight excluding hydrogens is 338 g/mol. The maximum atomic E-state index is 9.29. The molecule has 0 amide bonds. The van der Waals surface area contributed by atoms with Gasteiger partial charge in [-0.15, -0.1) is 0 Å². The monoisotopic (exact) mass is 357 g/mol. The third-order valence-electron chi connectivity index (χ3n) is 5.30. The zero-order valence-corrected chi connectivity index (χ0v) is 14.7. The largest absolute Gasteiger partial charge is 0.392 e. The Labute approximate surface area is 156 Å². The van der Waals surface area contributed by atoms with E-state index < -0.39 is 0 Å². The summed E-state index contributed by atoms with van der Waals surface area (Å²) in [5.74, 6) is 0.433. The fraction of sp³-hybridized carbons (Fsp3) is 0.190. The smallest absolute Gasteiger partial charge is 0.164 e. The number of rotatable bonds is 3. The molecule has 0 fully saturated rings. The quantitative estimate of drug-likeness (QED) is 0.588. The zero-order chi connectivity index (χ0) is 18.4. The minimum absolute atomic E-state index is 0.0149. The maximum absolute atomic E-state index is 9.29. The summed E-state index contributed by atoms with van der Waals surface area (Å²) >= 11 is 0. The molecular formula is C21H19N5O. The fourth-order valence-corrected chi connectivity index (χ4v) is 3.93. The van der Waals surface area contributed by atoms with Crippen molar-refractivity contribution in [2.45, 2.75) is 25.5 Å². The summed E-state index contributed by atoms with van der Waals surface area (Å²) in [6.07, 6.45) is 3.36. The van der Waals surface area contributed by atoms with E-state index in [0.717, 1.165) is 40.7 Å². The lowest BCUT2D eigenvalue weighted by Gasteiger charge is -2.10. The second-order valence-corrected chi connectivity index (χ2v) is 6.94. The van der Waals surface area contributed by atoms with Gasteiger partial charge in [-0.05, 0) is 29.5 Å². The van der Waals surface area contributed by atoms with Crippen LogP contribution in [0.1, 0.15) is 22.7 Å². The number of aliphatic hydroxyl groups is 1. The van der Waals surface area contributed by atoms with Gasteiger partial charge in [0.05, 0.1) is 18.0 Å². The van der Waals surface area contributed by atoms with E-state index >= 15 is 0 Å². The first kappa shape index (κ1) is 16.0. The summed E-state index contributed by atoms with van der Waals surface area (Å²) in [4.78, 5) is 8.68. The number of nitrogens with two attached hydrogens (primary N) is 1. The molecule has 0 saturated heterocycles. The molecule has 2 heterocycles. The number of benzene rings is 2. The Morgan fingerprint density at radius 3 is 2.37 bits per heavy atom. The van der Waals surface area contributed by atoms with Crippen molar-refractivity contribution in [3.63, 3.8) is 0 Å². The van der Waals surface area contributed by atoms with Crippen LogP contribution in [0.4, 0.5) is 5.82 Å². The summed E-state index contributed by atoms with van der Waals surface area (Å²) in [6, 6.07) is 16.4.